The van der Waals surface area contributed by atoms with Crippen LogP contribution in [0, 0.1) is 11.8 Å². The van der Waals surface area contributed by atoms with E-state index in [2.05, 4.69) is 0 Å². The van der Waals surface area contributed by atoms with Crippen LogP contribution in [0.2, 0.25) is 0 Å². The number of rotatable bonds is 11. The van der Waals surface area contributed by atoms with Crippen molar-refractivity contribution in [1.82, 2.24) is 0 Å². The SMILES string of the molecule is CCCC1C(CO)OC(COCC2C(CO)OC(COCC)C(O)C2O)C(O)C1O. The summed E-state index contributed by atoms with van der Waals surface area (Å²) in [5.41, 5.74) is 0. The fourth-order valence-corrected chi connectivity index (χ4v) is 4.28. The highest BCUT2D eigenvalue weighted by atomic mass is 16.6. The number of ether oxygens (including phenoxy) is 4. The van der Waals surface area contributed by atoms with Gasteiger partial charge in [0.15, 0.2) is 0 Å². The summed E-state index contributed by atoms with van der Waals surface area (Å²) in [5, 5.41) is 60.8. The number of hydrogen-bond acceptors (Lipinski definition) is 10. The predicted molar refractivity (Wildman–Crippen MR) is 105 cm³/mol. The highest BCUT2D eigenvalue weighted by Gasteiger charge is 2.46. The molecule has 0 aromatic carbocycles. The summed E-state index contributed by atoms with van der Waals surface area (Å²) >= 11 is 0. The molecule has 2 aliphatic heterocycles. The summed E-state index contributed by atoms with van der Waals surface area (Å²) in [5.74, 6) is -1.06. The Morgan fingerprint density at radius 3 is 1.63 bits per heavy atom. The van der Waals surface area contributed by atoms with Gasteiger partial charge in [-0.3, -0.25) is 0 Å². The van der Waals surface area contributed by atoms with Gasteiger partial charge in [-0.05, 0) is 13.3 Å². The smallest absolute Gasteiger partial charge is 0.110 e. The van der Waals surface area contributed by atoms with E-state index in [0.29, 0.717) is 13.0 Å². The molecular formula is C20H38O10. The van der Waals surface area contributed by atoms with Gasteiger partial charge in [-0.25, -0.2) is 0 Å². The molecule has 0 aromatic heterocycles. The van der Waals surface area contributed by atoms with Gasteiger partial charge in [0.05, 0.1) is 57.5 Å². The second-order valence-electron chi connectivity index (χ2n) is 8.07. The highest BCUT2D eigenvalue weighted by Crippen LogP contribution is 2.31. The minimum Gasteiger partial charge on any atom is -0.394 e. The van der Waals surface area contributed by atoms with Crippen LogP contribution in [0.3, 0.4) is 0 Å². The molecule has 0 bridgehead atoms. The van der Waals surface area contributed by atoms with E-state index in [1.54, 1.807) is 6.92 Å². The second-order valence-corrected chi connectivity index (χ2v) is 8.07. The van der Waals surface area contributed by atoms with Crippen LogP contribution in [0.15, 0.2) is 0 Å². The van der Waals surface area contributed by atoms with E-state index in [-0.39, 0.29) is 39.0 Å². The van der Waals surface area contributed by atoms with Crippen molar-refractivity contribution < 1.29 is 49.6 Å². The molecule has 10 nitrogen and oxygen atoms in total. The summed E-state index contributed by atoms with van der Waals surface area (Å²) in [7, 11) is 0. The van der Waals surface area contributed by atoms with E-state index >= 15 is 0 Å². The van der Waals surface area contributed by atoms with Gasteiger partial charge < -0.3 is 49.6 Å². The molecule has 0 radical (unpaired) electrons. The molecule has 2 saturated heterocycles. The zero-order chi connectivity index (χ0) is 22.3. The molecule has 178 valence electrons. The van der Waals surface area contributed by atoms with Crippen molar-refractivity contribution in [2.24, 2.45) is 11.8 Å². The fourth-order valence-electron chi connectivity index (χ4n) is 4.28. The monoisotopic (exact) mass is 438 g/mol. The van der Waals surface area contributed by atoms with E-state index in [1.807, 2.05) is 6.92 Å². The van der Waals surface area contributed by atoms with Gasteiger partial charge >= 0.3 is 0 Å². The van der Waals surface area contributed by atoms with Crippen LogP contribution in [0.5, 0.6) is 0 Å². The van der Waals surface area contributed by atoms with Gasteiger partial charge in [0, 0.05) is 18.4 Å². The minimum atomic E-state index is -1.19. The van der Waals surface area contributed by atoms with Gasteiger partial charge in [0.25, 0.3) is 0 Å². The van der Waals surface area contributed by atoms with Crippen LogP contribution in [0.25, 0.3) is 0 Å². The van der Waals surface area contributed by atoms with Gasteiger partial charge in [-0.2, -0.15) is 0 Å². The molecule has 2 heterocycles. The summed E-state index contributed by atoms with van der Waals surface area (Å²) in [4.78, 5) is 0. The zero-order valence-electron chi connectivity index (χ0n) is 17.7. The number of hydrogen-bond donors (Lipinski definition) is 6. The third-order valence-corrected chi connectivity index (χ3v) is 6.05. The third kappa shape index (κ3) is 6.10. The molecule has 10 unspecified atom stereocenters. The first-order chi connectivity index (χ1) is 14.4. The quantitative estimate of drug-likeness (QED) is 0.214. The van der Waals surface area contributed by atoms with Crippen LogP contribution in [0.1, 0.15) is 26.7 Å². The Bertz CT molecular complexity index is 477. The lowest BCUT2D eigenvalue weighted by atomic mass is 9.84. The summed E-state index contributed by atoms with van der Waals surface area (Å²) in [6.07, 6.45) is -6.17. The van der Waals surface area contributed by atoms with Gasteiger partial charge in [-0.1, -0.05) is 13.3 Å². The van der Waals surface area contributed by atoms with Crippen LogP contribution in [0.4, 0.5) is 0 Å². The predicted octanol–water partition coefficient (Wildman–Crippen LogP) is -1.96. The van der Waals surface area contributed by atoms with Crippen molar-refractivity contribution in [3.63, 3.8) is 0 Å². The van der Waals surface area contributed by atoms with Crippen molar-refractivity contribution in [3.05, 3.63) is 0 Å². The Hall–Kier alpha value is -0.400. The Labute approximate surface area is 177 Å². The van der Waals surface area contributed by atoms with Crippen LogP contribution < -0.4 is 0 Å². The topological polar surface area (TPSA) is 158 Å². The van der Waals surface area contributed by atoms with Gasteiger partial charge in [-0.15, -0.1) is 0 Å². The maximum Gasteiger partial charge on any atom is 0.110 e. The molecule has 30 heavy (non-hydrogen) atoms. The average Bonchev–Trinajstić information content (AvgIpc) is 2.75. The summed E-state index contributed by atoms with van der Waals surface area (Å²) in [6.45, 7) is 3.49. The first kappa shape index (κ1) is 25.9. The summed E-state index contributed by atoms with van der Waals surface area (Å²) in [6, 6.07) is 0. The Morgan fingerprint density at radius 2 is 1.13 bits per heavy atom. The first-order valence-corrected chi connectivity index (χ1v) is 10.8. The average molecular weight is 439 g/mol. The highest BCUT2D eigenvalue weighted by molar-refractivity contribution is 4.93. The number of aliphatic hydroxyl groups excluding tert-OH is 6. The Balaban J connectivity index is 1.91. The summed E-state index contributed by atoms with van der Waals surface area (Å²) < 4.78 is 22.3. The first-order valence-electron chi connectivity index (χ1n) is 10.8. The normalized spacial score (nSPS) is 42.4. The molecule has 0 aromatic rings. The largest absolute Gasteiger partial charge is 0.394 e. The van der Waals surface area contributed by atoms with Crippen molar-refractivity contribution in [3.8, 4) is 0 Å². The standard InChI is InChI=1S/C20H38O10/c1-3-5-11-13(6-21)29-16(19(25)17(11)23)10-28-8-12-14(7-22)30-15(9-27-4-2)20(26)18(12)24/h11-26H,3-10H2,1-2H3. The van der Waals surface area contributed by atoms with E-state index in [9.17, 15) is 30.6 Å². The molecule has 0 aliphatic carbocycles. The van der Waals surface area contributed by atoms with Crippen LogP contribution in [-0.2, 0) is 18.9 Å². The maximum absolute atomic E-state index is 10.5. The van der Waals surface area contributed by atoms with Crippen molar-refractivity contribution in [1.29, 1.82) is 0 Å². The van der Waals surface area contributed by atoms with E-state index < -0.39 is 54.7 Å². The molecule has 2 aliphatic rings. The van der Waals surface area contributed by atoms with Gasteiger partial charge in [0.1, 0.15) is 24.4 Å². The van der Waals surface area contributed by atoms with Crippen molar-refractivity contribution in [2.75, 3.05) is 39.6 Å². The maximum atomic E-state index is 10.5. The van der Waals surface area contributed by atoms with Crippen LogP contribution >= 0.6 is 0 Å². The molecule has 0 saturated carbocycles. The molecular weight excluding hydrogens is 400 g/mol. The number of aliphatic hydroxyl groups is 6. The van der Waals surface area contributed by atoms with E-state index in [1.165, 1.54) is 0 Å². The molecule has 2 fully saturated rings. The zero-order valence-corrected chi connectivity index (χ0v) is 17.7. The molecule has 10 atom stereocenters. The lowest BCUT2D eigenvalue weighted by Gasteiger charge is -2.44. The second kappa shape index (κ2) is 12.6. The molecule has 0 amide bonds. The lowest BCUT2D eigenvalue weighted by molar-refractivity contribution is -0.240. The van der Waals surface area contributed by atoms with Crippen LogP contribution in [-0.4, -0.2) is 119 Å². The Morgan fingerprint density at radius 1 is 0.633 bits per heavy atom. The lowest BCUT2D eigenvalue weighted by Crippen LogP contribution is -2.59. The molecule has 10 heteroatoms. The van der Waals surface area contributed by atoms with E-state index in [4.69, 9.17) is 18.9 Å². The van der Waals surface area contributed by atoms with Gasteiger partial charge in [0.2, 0.25) is 0 Å². The van der Waals surface area contributed by atoms with E-state index in [0.717, 1.165) is 6.42 Å². The minimum absolute atomic E-state index is 0.0599. The van der Waals surface area contributed by atoms with Crippen molar-refractivity contribution >= 4 is 0 Å². The molecule has 6 N–H and O–H groups in total. The third-order valence-electron chi connectivity index (χ3n) is 6.05. The van der Waals surface area contributed by atoms with Crippen molar-refractivity contribution in [2.45, 2.75) is 75.5 Å². The molecule has 0 spiro atoms. The molecule has 2 rings (SSSR count). The fraction of sp³-hybridized carbons (Fsp3) is 1.00. The Kier molecular flexibility index (Phi) is 10.9.